The molecule has 0 fully saturated rings. The van der Waals surface area contributed by atoms with Crippen LogP contribution in [0.15, 0.2) is 108 Å². The van der Waals surface area contributed by atoms with Crippen molar-refractivity contribution in [2.45, 2.75) is 11.5 Å². The number of allylic oxidation sites excluding steroid dienone is 2. The summed E-state index contributed by atoms with van der Waals surface area (Å²) in [4.78, 5) is 40.4. The van der Waals surface area contributed by atoms with Crippen molar-refractivity contribution in [3.63, 3.8) is 0 Å². The Hall–Kier alpha value is -5.18. The van der Waals surface area contributed by atoms with Gasteiger partial charge in [0.15, 0.2) is 0 Å². The molecule has 3 aliphatic rings. The summed E-state index contributed by atoms with van der Waals surface area (Å²) in [5.74, 6) is -1.39. The van der Waals surface area contributed by atoms with Crippen LogP contribution in [0.25, 0.3) is 22.8 Å². The SMILES string of the molecule is COC(=O)C1=C(C(=O)OC)C2(c3cc(Cl)ccc3-c3ccc(Cl)cc32)C2C=C(/C=C/c3ccc([N+](=O)[O-])cc3)c3ccccc3N12. The van der Waals surface area contributed by atoms with Crippen molar-refractivity contribution in [2.75, 3.05) is 19.1 Å². The second-order valence-corrected chi connectivity index (χ2v) is 11.9. The average Bonchev–Trinajstić information content (AvgIpc) is 3.52. The van der Waals surface area contributed by atoms with E-state index in [1.807, 2.05) is 71.7 Å². The Morgan fingerprint density at radius 2 is 1.43 bits per heavy atom. The quantitative estimate of drug-likeness (QED) is 0.124. The third-order valence-corrected chi connectivity index (χ3v) is 9.31. The Morgan fingerprint density at radius 1 is 0.826 bits per heavy atom. The largest absolute Gasteiger partial charge is 0.466 e. The molecule has 2 heterocycles. The lowest BCUT2D eigenvalue weighted by molar-refractivity contribution is -0.384. The zero-order valence-electron chi connectivity index (χ0n) is 24.5. The number of fused-ring (bicyclic) bond motifs is 9. The predicted octanol–water partition coefficient (Wildman–Crippen LogP) is 7.77. The highest BCUT2D eigenvalue weighted by Gasteiger charge is 2.63. The van der Waals surface area contributed by atoms with Crippen LogP contribution in [-0.2, 0) is 24.5 Å². The van der Waals surface area contributed by atoms with E-state index in [1.54, 1.807) is 24.3 Å². The number of nitro groups is 1. The summed E-state index contributed by atoms with van der Waals surface area (Å²) in [6.45, 7) is 0. The van der Waals surface area contributed by atoms with Gasteiger partial charge in [0.2, 0.25) is 0 Å². The van der Waals surface area contributed by atoms with Crippen molar-refractivity contribution < 1.29 is 24.0 Å². The molecule has 1 aliphatic carbocycles. The standard InChI is InChI=1S/C36H24Cl2N2O6/c1-45-34(41)32-33(35(42)46-2)39-30-6-4-3-5-25(30)21(10-7-20-8-13-24(14-9-20)40(43)44)17-31(39)36(32)28-18-22(37)11-15-26(28)27-16-12-23(38)19-29(27)36/h3-19,31H,1-2H3/b10-7+. The van der Waals surface area contributed by atoms with E-state index in [2.05, 4.69) is 0 Å². The van der Waals surface area contributed by atoms with E-state index in [0.29, 0.717) is 15.7 Å². The summed E-state index contributed by atoms with van der Waals surface area (Å²) < 4.78 is 10.7. The van der Waals surface area contributed by atoms with Crippen LogP contribution in [0.5, 0.6) is 0 Å². The third kappa shape index (κ3) is 4.21. The van der Waals surface area contributed by atoms with Gasteiger partial charge in [0.05, 0.1) is 36.2 Å². The van der Waals surface area contributed by atoms with Crippen LogP contribution in [-0.4, -0.2) is 37.1 Å². The highest BCUT2D eigenvalue weighted by atomic mass is 35.5. The van der Waals surface area contributed by atoms with Crippen molar-refractivity contribution in [3.8, 4) is 11.1 Å². The zero-order valence-corrected chi connectivity index (χ0v) is 26.0. The van der Waals surface area contributed by atoms with E-state index in [4.69, 9.17) is 32.7 Å². The highest BCUT2D eigenvalue weighted by Crippen LogP contribution is 2.63. The molecule has 1 atom stereocenters. The van der Waals surface area contributed by atoms with Crippen LogP contribution in [0.4, 0.5) is 11.4 Å². The number of anilines is 1. The van der Waals surface area contributed by atoms with Crippen molar-refractivity contribution >= 4 is 58.2 Å². The first-order valence-electron chi connectivity index (χ1n) is 14.3. The lowest BCUT2D eigenvalue weighted by Crippen LogP contribution is -2.46. The van der Waals surface area contributed by atoms with E-state index in [1.165, 1.54) is 26.4 Å². The van der Waals surface area contributed by atoms with Crippen LogP contribution in [0, 0.1) is 10.1 Å². The van der Waals surface area contributed by atoms with Gasteiger partial charge in [-0.2, -0.15) is 0 Å². The third-order valence-electron chi connectivity index (χ3n) is 8.84. The second kappa shape index (κ2) is 11.0. The molecule has 4 aromatic rings. The molecule has 0 radical (unpaired) electrons. The number of esters is 2. The number of nitro benzene ring substituents is 1. The van der Waals surface area contributed by atoms with Gasteiger partial charge in [-0.1, -0.05) is 71.8 Å². The maximum absolute atomic E-state index is 14.1. The first-order valence-corrected chi connectivity index (χ1v) is 15.0. The summed E-state index contributed by atoms with van der Waals surface area (Å²) in [5.41, 5.74) is 5.07. The number of ether oxygens (including phenoxy) is 2. The molecule has 4 aromatic carbocycles. The van der Waals surface area contributed by atoms with E-state index in [9.17, 15) is 19.7 Å². The number of carbonyl (C=O) groups excluding carboxylic acids is 2. The molecular weight excluding hydrogens is 627 g/mol. The monoisotopic (exact) mass is 650 g/mol. The second-order valence-electron chi connectivity index (χ2n) is 11.0. The minimum absolute atomic E-state index is 0.00411. The summed E-state index contributed by atoms with van der Waals surface area (Å²) in [6.07, 6.45) is 5.80. The average molecular weight is 652 g/mol. The number of rotatable bonds is 5. The number of nitrogens with zero attached hydrogens (tertiary/aromatic N) is 2. The summed E-state index contributed by atoms with van der Waals surface area (Å²) in [6, 6.07) is 24.2. The minimum Gasteiger partial charge on any atom is -0.466 e. The van der Waals surface area contributed by atoms with E-state index in [-0.39, 0.29) is 17.0 Å². The fraction of sp³-hybridized carbons (Fsp3) is 0.111. The number of para-hydroxylation sites is 1. The summed E-state index contributed by atoms with van der Waals surface area (Å²) in [7, 11) is 2.56. The fourth-order valence-electron chi connectivity index (χ4n) is 7.03. The molecule has 1 unspecified atom stereocenters. The normalized spacial score (nSPS) is 16.9. The van der Waals surface area contributed by atoms with Crippen LogP contribution < -0.4 is 4.90 Å². The maximum Gasteiger partial charge on any atom is 0.355 e. The molecule has 46 heavy (non-hydrogen) atoms. The van der Waals surface area contributed by atoms with Crippen LogP contribution >= 0.6 is 23.2 Å². The molecule has 0 aromatic heterocycles. The first-order chi connectivity index (χ1) is 22.2. The number of non-ortho nitro benzene ring substituents is 1. The van der Waals surface area contributed by atoms with Gasteiger partial charge in [0.1, 0.15) is 5.70 Å². The van der Waals surface area contributed by atoms with Gasteiger partial charge in [-0.05, 0) is 75.9 Å². The molecule has 228 valence electrons. The topological polar surface area (TPSA) is 99.0 Å². The van der Waals surface area contributed by atoms with E-state index < -0.39 is 28.3 Å². The number of benzene rings is 4. The van der Waals surface area contributed by atoms with Crippen LogP contribution in [0.3, 0.4) is 0 Å². The van der Waals surface area contributed by atoms with Crippen molar-refractivity contribution in [2.24, 2.45) is 0 Å². The molecule has 2 aliphatic heterocycles. The molecule has 10 heteroatoms. The molecule has 1 spiro atoms. The Kier molecular flexibility index (Phi) is 7.07. The van der Waals surface area contributed by atoms with E-state index >= 15 is 0 Å². The van der Waals surface area contributed by atoms with Gasteiger partial charge in [-0.25, -0.2) is 9.59 Å². The number of hydrogen-bond acceptors (Lipinski definition) is 7. The van der Waals surface area contributed by atoms with Gasteiger partial charge >= 0.3 is 11.9 Å². The highest BCUT2D eigenvalue weighted by molar-refractivity contribution is 6.31. The fourth-order valence-corrected chi connectivity index (χ4v) is 7.37. The zero-order chi connectivity index (χ0) is 32.3. The smallest absolute Gasteiger partial charge is 0.355 e. The molecule has 7 rings (SSSR count). The number of hydrogen-bond donors (Lipinski definition) is 0. The van der Waals surface area contributed by atoms with Crippen molar-refractivity contribution in [1.29, 1.82) is 0 Å². The molecule has 8 nitrogen and oxygen atoms in total. The van der Waals surface area contributed by atoms with Gasteiger partial charge < -0.3 is 14.4 Å². The predicted molar refractivity (Wildman–Crippen MR) is 177 cm³/mol. The van der Waals surface area contributed by atoms with Gasteiger partial charge in [0.25, 0.3) is 5.69 Å². The first kappa shape index (κ1) is 29.5. The Labute approximate surface area is 273 Å². The van der Waals surface area contributed by atoms with Gasteiger partial charge in [-0.3, -0.25) is 10.1 Å². The molecule has 0 saturated carbocycles. The lowest BCUT2D eigenvalue weighted by atomic mass is 9.67. The summed E-state index contributed by atoms with van der Waals surface area (Å²) in [5, 5.41) is 12.1. The molecule has 0 amide bonds. The van der Waals surface area contributed by atoms with Gasteiger partial charge in [-0.15, -0.1) is 0 Å². The molecule has 0 N–H and O–H groups in total. The van der Waals surface area contributed by atoms with Crippen molar-refractivity contribution in [3.05, 3.63) is 151 Å². The number of carbonyl (C=O) groups is 2. The lowest BCUT2D eigenvalue weighted by Gasteiger charge is -2.41. The number of methoxy groups -OCH3 is 2. The van der Waals surface area contributed by atoms with Crippen LogP contribution in [0.2, 0.25) is 10.0 Å². The van der Waals surface area contributed by atoms with Crippen LogP contribution in [0.1, 0.15) is 22.3 Å². The Balaban J connectivity index is 1.56. The minimum atomic E-state index is -1.28. The summed E-state index contributed by atoms with van der Waals surface area (Å²) >= 11 is 13.3. The molecular formula is C36H24Cl2N2O6. The Bertz CT molecular complexity index is 2030. The molecule has 0 saturated heterocycles. The Morgan fingerprint density at radius 3 is 2.02 bits per heavy atom. The van der Waals surface area contributed by atoms with Crippen molar-refractivity contribution in [1.82, 2.24) is 0 Å². The molecule has 0 bridgehead atoms. The van der Waals surface area contributed by atoms with Gasteiger partial charge in [0, 0.05) is 33.4 Å². The van der Waals surface area contributed by atoms with E-state index in [0.717, 1.165) is 39.0 Å². The maximum atomic E-state index is 14.1. The number of halogens is 2.